The Morgan fingerprint density at radius 2 is 2.00 bits per heavy atom. The molecule has 3 aromatic rings. The Kier molecular flexibility index (Phi) is 5.09. The highest BCUT2D eigenvalue weighted by Gasteiger charge is 2.06. The number of thioether (sulfide) groups is 1. The highest BCUT2D eigenvalue weighted by Crippen LogP contribution is 2.30. The predicted octanol–water partition coefficient (Wildman–Crippen LogP) is 4.72. The third kappa shape index (κ3) is 4.43. The maximum absolute atomic E-state index is 12.9. The number of anilines is 2. The molecule has 1 aromatic heterocycles. The molecular formula is C16H14FN3OS2. The normalized spacial score (nSPS) is 10.5. The van der Waals surface area contributed by atoms with Gasteiger partial charge in [-0.2, -0.15) is 0 Å². The van der Waals surface area contributed by atoms with Gasteiger partial charge in [0.05, 0.1) is 7.11 Å². The Hall–Kier alpha value is -2.12. The van der Waals surface area contributed by atoms with Gasteiger partial charge in [0, 0.05) is 17.5 Å². The summed E-state index contributed by atoms with van der Waals surface area (Å²) in [4.78, 5) is 0. The van der Waals surface area contributed by atoms with Crippen LogP contribution in [0.4, 0.5) is 15.2 Å². The Balaban J connectivity index is 1.60. The predicted molar refractivity (Wildman–Crippen MR) is 92.1 cm³/mol. The van der Waals surface area contributed by atoms with E-state index >= 15 is 0 Å². The number of benzene rings is 2. The van der Waals surface area contributed by atoms with Gasteiger partial charge in [-0.3, -0.25) is 0 Å². The first-order valence-corrected chi connectivity index (χ1v) is 8.65. The van der Waals surface area contributed by atoms with E-state index < -0.39 is 0 Å². The summed E-state index contributed by atoms with van der Waals surface area (Å²) in [5, 5.41) is 12.2. The Labute approximate surface area is 141 Å². The van der Waals surface area contributed by atoms with Crippen LogP contribution in [0.15, 0.2) is 52.9 Å². The number of rotatable bonds is 6. The van der Waals surface area contributed by atoms with Gasteiger partial charge in [-0.15, -0.1) is 10.2 Å². The van der Waals surface area contributed by atoms with Crippen LogP contribution < -0.4 is 10.1 Å². The van der Waals surface area contributed by atoms with Gasteiger partial charge in [-0.05, 0) is 29.8 Å². The molecule has 0 spiro atoms. The van der Waals surface area contributed by atoms with Crippen molar-refractivity contribution >= 4 is 33.9 Å². The summed E-state index contributed by atoms with van der Waals surface area (Å²) in [6.45, 7) is 0. The minimum absolute atomic E-state index is 0.223. The van der Waals surface area contributed by atoms with E-state index in [0.717, 1.165) is 32.2 Å². The second-order valence-corrected chi connectivity index (χ2v) is 6.85. The number of aromatic nitrogens is 2. The van der Waals surface area contributed by atoms with E-state index in [1.54, 1.807) is 31.0 Å². The van der Waals surface area contributed by atoms with E-state index in [1.165, 1.54) is 23.5 Å². The van der Waals surface area contributed by atoms with E-state index in [0.29, 0.717) is 0 Å². The standard InChI is InChI=1S/C16H14FN3OS2/c1-21-14-4-2-3-13(9-14)18-15-19-20-16(23-15)22-10-11-5-7-12(17)8-6-11/h2-9H,10H2,1H3,(H,18,19). The van der Waals surface area contributed by atoms with E-state index in [4.69, 9.17) is 4.74 Å². The lowest BCUT2D eigenvalue weighted by Gasteiger charge is -2.04. The number of hydrogen-bond acceptors (Lipinski definition) is 6. The average Bonchev–Trinajstić information content (AvgIpc) is 3.02. The maximum atomic E-state index is 12.9. The third-order valence-corrected chi connectivity index (χ3v) is 5.05. The van der Waals surface area contributed by atoms with Gasteiger partial charge >= 0.3 is 0 Å². The van der Waals surface area contributed by atoms with Gasteiger partial charge in [0.2, 0.25) is 5.13 Å². The van der Waals surface area contributed by atoms with E-state index in [9.17, 15) is 4.39 Å². The zero-order valence-corrected chi connectivity index (χ0v) is 14.0. The number of nitrogens with one attached hydrogen (secondary N) is 1. The lowest BCUT2D eigenvalue weighted by atomic mass is 10.2. The van der Waals surface area contributed by atoms with Crippen LogP contribution in [-0.4, -0.2) is 17.3 Å². The van der Waals surface area contributed by atoms with Crippen molar-refractivity contribution in [1.82, 2.24) is 10.2 Å². The molecular weight excluding hydrogens is 333 g/mol. The van der Waals surface area contributed by atoms with Crippen molar-refractivity contribution in [2.75, 3.05) is 12.4 Å². The summed E-state index contributed by atoms with van der Waals surface area (Å²) in [5.74, 6) is 1.29. The number of methoxy groups -OCH3 is 1. The van der Waals surface area contributed by atoms with Crippen LogP contribution in [0.25, 0.3) is 0 Å². The van der Waals surface area contributed by atoms with E-state index in [1.807, 2.05) is 24.3 Å². The molecule has 1 heterocycles. The van der Waals surface area contributed by atoms with E-state index in [-0.39, 0.29) is 5.82 Å². The molecule has 3 rings (SSSR count). The molecule has 2 aromatic carbocycles. The third-order valence-electron chi connectivity index (χ3n) is 3.00. The topological polar surface area (TPSA) is 47.0 Å². The molecule has 0 amide bonds. The van der Waals surface area contributed by atoms with Crippen molar-refractivity contribution in [3.05, 3.63) is 59.9 Å². The Morgan fingerprint density at radius 1 is 1.17 bits per heavy atom. The molecule has 7 heteroatoms. The fraction of sp³-hybridized carbons (Fsp3) is 0.125. The molecule has 118 valence electrons. The quantitative estimate of drug-likeness (QED) is 0.654. The average molecular weight is 347 g/mol. The largest absolute Gasteiger partial charge is 0.497 e. The molecule has 23 heavy (non-hydrogen) atoms. The van der Waals surface area contributed by atoms with Crippen LogP contribution in [0.1, 0.15) is 5.56 Å². The van der Waals surface area contributed by atoms with Gasteiger partial charge in [0.25, 0.3) is 0 Å². The molecule has 0 saturated carbocycles. The van der Waals surface area contributed by atoms with Crippen LogP contribution in [0.3, 0.4) is 0 Å². The number of nitrogens with zero attached hydrogens (tertiary/aromatic N) is 2. The van der Waals surface area contributed by atoms with Crippen LogP contribution in [0.2, 0.25) is 0 Å². The maximum Gasteiger partial charge on any atom is 0.210 e. The lowest BCUT2D eigenvalue weighted by Crippen LogP contribution is -1.90. The molecule has 0 bridgehead atoms. The molecule has 0 radical (unpaired) electrons. The summed E-state index contributed by atoms with van der Waals surface area (Å²) in [6.07, 6.45) is 0. The smallest absolute Gasteiger partial charge is 0.210 e. The van der Waals surface area contributed by atoms with Crippen molar-refractivity contribution in [2.24, 2.45) is 0 Å². The first-order valence-electron chi connectivity index (χ1n) is 6.85. The minimum Gasteiger partial charge on any atom is -0.497 e. The SMILES string of the molecule is COc1cccc(Nc2nnc(SCc3ccc(F)cc3)s2)c1. The van der Waals surface area contributed by atoms with Gasteiger partial charge in [-0.25, -0.2) is 4.39 Å². The molecule has 4 nitrogen and oxygen atoms in total. The molecule has 1 N–H and O–H groups in total. The zero-order chi connectivity index (χ0) is 16.1. The van der Waals surface area contributed by atoms with Gasteiger partial charge in [-0.1, -0.05) is 41.3 Å². The number of hydrogen-bond donors (Lipinski definition) is 1. The highest BCUT2D eigenvalue weighted by atomic mass is 32.2. The van der Waals surface area contributed by atoms with Gasteiger partial charge in [0.1, 0.15) is 11.6 Å². The van der Waals surface area contributed by atoms with Gasteiger partial charge < -0.3 is 10.1 Å². The molecule has 0 aliphatic heterocycles. The molecule has 0 saturated heterocycles. The number of halogens is 1. The van der Waals surface area contributed by atoms with Gasteiger partial charge in [0.15, 0.2) is 4.34 Å². The number of ether oxygens (including phenoxy) is 1. The molecule has 0 aliphatic rings. The summed E-state index contributed by atoms with van der Waals surface area (Å²) < 4.78 is 18.9. The summed E-state index contributed by atoms with van der Waals surface area (Å²) >= 11 is 3.05. The first-order chi connectivity index (χ1) is 11.2. The van der Waals surface area contributed by atoms with Crippen LogP contribution >= 0.6 is 23.1 Å². The summed E-state index contributed by atoms with van der Waals surface area (Å²) in [5.41, 5.74) is 1.95. The Bertz CT molecular complexity index is 777. The molecule has 0 aliphatic carbocycles. The summed E-state index contributed by atoms with van der Waals surface area (Å²) in [7, 11) is 1.63. The van der Waals surface area contributed by atoms with Crippen molar-refractivity contribution < 1.29 is 9.13 Å². The minimum atomic E-state index is -0.223. The Morgan fingerprint density at radius 3 is 2.78 bits per heavy atom. The van der Waals surface area contributed by atoms with Crippen molar-refractivity contribution in [2.45, 2.75) is 10.1 Å². The monoisotopic (exact) mass is 347 g/mol. The van der Waals surface area contributed by atoms with Crippen molar-refractivity contribution in [1.29, 1.82) is 0 Å². The fourth-order valence-corrected chi connectivity index (χ4v) is 3.60. The molecule has 0 fully saturated rings. The fourth-order valence-electron chi connectivity index (χ4n) is 1.87. The lowest BCUT2D eigenvalue weighted by molar-refractivity contribution is 0.415. The van der Waals surface area contributed by atoms with Crippen molar-refractivity contribution in [3.63, 3.8) is 0 Å². The summed E-state index contributed by atoms with van der Waals surface area (Å²) in [6, 6.07) is 14.1. The van der Waals surface area contributed by atoms with Crippen molar-refractivity contribution in [3.8, 4) is 5.75 Å². The van der Waals surface area contributed by atoms with Crippen LogP contribution in [-0.2, 0) is 5.75 Å². The van der Waals surface area contributed by atoms with E-state index in [2.05, 4.69) is 15.5 Å². The molecule has 0 atom stereocenters. The van der Waals surface area contributed by atoms with Crippen LogP contribution in [0, 0.1) is 5.82 Å². The zero-order valence-electron chi connectivity index (χ0n) is 12.3. The highest BCUT2D eigenvalue weighted by molar-refractivity contribution is 8.00. The molecule has 0 unspecified atom stereocenters. The first kappa shape index (κ1) is 15.8. The second-order valence-electron chi connectivity index (χ2n) is 4.65. The second kappa shape index (κ2) is 7.43. The van der Waals surface area contributed by atoms with Crippen LogP contribution in [0.5, 0.6) is 5.75 Å².